The molecule has 208 valence electrons. The molecule has 8 heteroatoms. The molecule has 0 spiro atoms. The number of hydrogen-bond acceptors (Lipinski definition) is 8. The Morgan fingerprint density at radius 1 is 1.08 bits per heavy atom. The summed E-state index contributed by atoms with van der Waals surface area (Å²) < 4.78 is 17.5. The van der Waals surface area contributed by atoms with Gasteiger partial charge in [0.1, 0.15) is 23.2 Å². The predicted octanol–water partition coefficient (Wildman–Crippen LogP) is 4.61. The van der Waals surface area contributed by atoms with Crippen LogP contribution >= 0.6 is 0 Å². The van der Waals surface area contributed by atoms with Crippen LogP contribution in [0.2, 0.25) is 0 Å². The van der Waals surface area contributed by atoms with Crippen LogP contribution < -0.4 is 10.4 Å². The summed E-state index contributed by atoms with van der Waals surface area (Å²) in [6.07, 6.45) is -1.10. The molecule has 39 heavy (non-hydrogen) atoms. The number of phenolic OH excluding ortho intramolecular Hbond substituents is 1. The average Bonchev–Trinajstić information content (AvgIpc) is 2.88. The quantitative estimate of drug-likeness (QED) is 0.227. The number of ether oxygens (including phenoxy) is 2. The number of phenols is 1. The lowest BCUT2D eigenvalue weighted by atomic mass is 9.82. The summed E-state index contributed by atoms with van der Waals surface area (Å²) in [6.45, 7) is 11.1. The highest BCUT2D eigenvalue weighted by molar-refractivity contribution is 5.98. The van der Waals surface area contributed by atoms with Gasteiger partial charge >= 0.3 is 5.63 Å². The maximum Gasteiger partial charge on any atom is 0.339 e. The third kappa shape index (κ3) is 5.93. The van der Waals surface area contributed by atoms with Gasteiger partial charge in [-0.05, 0) is 83.0 Å². The summed E-state index contributed by atoms with van der Waals surface area (Å²) in [5.41, 5.74) is 1.78. The summed E-state index contributed by atoms with van der Waals surface area (Å²) in [5.74, 6) is -0.129. The second kappa shape index (κ2) is 11.0. The lowest BCUT2D eigenvalue weighted by molar-refractivity contribution is -0.285. The summed E-state index contributed by atoms with van der Waals surface area (Å²) in [4.78, 5) is 25.9. The summed E-state index contributed by atoms with van der Waals surface area (Å²) in [7, 11) is 0. The molecule has 1 aliphatic heterocycles. The standard InChI is InChI=1S/C31H36O8/c1-16(2)7-8-19-13-20(9-11-23(19)32)24(33)15-22-14-21-10-12-25(17(3)28(21)38-29(22)36)37-30-27(35)26(34)18(4)31(5,6)39-30/h7,9-14,18,26-27,30,32,34-35H,8,15H2,1-6H3. The van der Waals surface area contributed by atoms with Crippen LogP contribution in [0.3, 0.4) is 0 Å². The van der Waals surface area contributed by atoms with E-state index in [1.54, 1.807) is 44.2 Å². The van der Waals surface area contributed by atoms with E-state index in [0.29, 0.717) is 39.8 Å². The smallest absolute Gasteiger partial charge is 0.339 e. The molecule has 3 N–H and O–H groups in total. The van der Waals surface area contributed by atoms with E-state index in [4.69, 9.17) is 13.9 Å². The minimum Gasteiger partial charge on any atom is -0.508 e. The van der Waals surface area contributed by atoms with Crippen LogP contribution in [0.4, 0.5) is 0 Å². The Bertz CT molecular complexity index is 1480. The van der Waals surface area contributed by atoms with E-state index in [0.717, 1.165) is 5.57 Å². The first-order valence-corrected chi connectivity index (χ1v) is 13.0. The van der Waals surface area contributed by atoms with Crippen molar-refractivity contribution in [1.82, 2.24) is 0 Å². The fourth-order valence-electron chi connectivity index (χ4n) is 4.67. The van der Waals surface area contributed by atoms with Crippen molar-refractivity contribution in [2.75, 3.05) is 0 Å². The SMILES string of the molecule is CC(C)=CCc1cc(C(=O)Cc2cc3ccc(OC4OC(C)(C)C(C)C(O)C4O)c(C)c3oc2=O)ccc1O. The number of carbonyl (C=O) groups excluding carboxylic acids is 1. The van der Waals surface area contributed by atoms with Crippen molar-refractivity contribution < 1.29 is 34.0 Å². The molecule has 8 nitrogen and oxygen atoms in total. The lowest BCUT2D eigenvalue weighted by Gasteiger charge is -2.46. The van der Waals surface area contributed by atoms with Gasteiger partial charge in [-0.15, -0.1) is 0 Å². The molecular formula is C31H36O8. The number of fused-ring (bicyclic) bond motifs is 1. The molecule has 2 aromatic carbocycles. The van der Waals surface area contributed by atoms with Crippen molar-refractivity contribution in [1.29, 1.82) is 0 Å². The Balaban J connectivity index is 1.58. The average molecular weight is 537 g/mol. The van der Waals surface area contributed by atoms with Gasteiger partial charge in [-0.2, -0.15) is 0 Å². The van der Waals surface area contributed by atoms with Gasteiger partial charge < -0.3 is 29.2 Å². The highest BCUT2D eigenvalue weighted by Crippen LogP contribution is 2.36. The second-order valence-electron chi connectivity index (χ2n) is 11.1. The largest absolute Gasteiger partial charge is 0.508 e. The summed E-state index contributed by atoms with van der Waals surface area (Å²) >= 11 is 0. The van der Waals surface area contributed by atoms with Crippen molar-refractivity contribution in [2.45, 2.75) is 78.5 Å². The van der Waals surface area contributed by atoms with E-state index < -0.39 is 29.7 Å². The Morgan fingerprint density at radius 3 is 2.49 bits per heavy atom. The van der Waals surface area contributed by atoms with Crippen molar-refractivity contribution in [3.05, 3.63) is 80.7 Å². The third-order valence-electron chi connectivity index (χ3n) is 7.56. The summed E-state index contributed by atoms with van der Waals surface area (Å²) in [5, 5.41) is 31.7. The topological polar surface area (TPSA) is 126 Å². The van der Waals surface area contributed by atoms with Crippen molar-refractivity contribution >= 4 is 16.8 Å². The highest BCUT2D eigenvalue weighted by Gasteiger charge is 2.47. The van der Waals surface area contributed by atoms with Crippen LogP contribution in [-0.2, 0) is 17.6 Å². The Morgan fingerprint density at radius 2 is 1.79 bits per heavy atom. The van der Waals surface area contributed by atoms with Gasteiger partial charge in [0.2, 0.25) is 6.29 Å². The Hall–Kier alpha value is -3.46. The van der Waals surface area contributed by atoms with Crippen molar-refractivity contribution in [3.63, 3.8) is 0 Å². The molecule has 4 atom stereocenters. The number of aromatic hydroxyl groups is 1. The normalized spacial score (nSPS) is 22.5. The minimum atomic E-state index is -1.26. The monoisotopic (exact) mass is 536 g/mol. The second-order valence-corrected chi connectivity index (χ2v) is 11.1. The molecule has 4 rings (SSSR count). The van der Waals surface area contributed by atoms with E-state index in [-0.39, 0.29) is 29.4 Å². The zero-order chi connectivity index (χ0) is 28.6. The zero-order valence-electron chi connectivity index (χ0n) is 23.1. The van der Waals surface area contributed by atoms with E-state index in [1.807, 2.05) is 33.8 Å². The van der Waals surface area contributed by atoms with E-state index >= 15 is 0 Å². The molecule has 1 fully saturated rings. The zero-order valence-corrected chi connectivity index (χ0v) is 23.1. The maximum atomic E-state index is 13.0. The lowest BCUT2D eigenvalue weighted by Crippen LogP contribution is -2.59. The first-order chi connectivity index (χ1) is 18.3. The van der Waals surface area contributed by atoms with Crippen LogP contribution in [-0.4, -0.2) is 45.2 Å². The number of Topliss-reactive ketones (excluding diaryl/α,β-unsaturated/α-hetero) is 1. The molecule has 1 aliphatic rings. The van der Waals surface area contributed by atoms with Crippen LogP contribution in [0.15, 0.2) is 57.3 Å². The number of benzene rings is 2. The molecule has 0 bridgehead atoms. The molecular weight excluding hydrogens is 500 g/mol. The van der Waals surface area contributed by atoms with Gasteiger partial charge in [-0.1, -0.05) is 18.6 Å². The van der Waals surface area contributed by atoms with E-state index in [9.17, 15) is 24.9 Å². The van der Waals surface area contributed by atoms with Crippen LogP contribution in [0.1, 0.15) is 61.7 Å². The maximum absolute atomic E-state index is 13.0. The van der Waals surface area contributed by atoms with Crippen LogP contribution in [0, 0.1) is 12.8 Å². The van der Waals surface area contributed by atoms with Gasteiger partial charge in [0.15, 0.2) is 5.78 Å². The number of hydrogen-bond donors (Lipinski definition) is 3. The number of aryl methyl sites for hydroxylation is 1. The molecule has 0 amide bonds. The Kier molecular flexibility index (Phi) is 8.02. The van der Waals surface area contributed by atoms with Gasteiger partial charge in [-0.3, -0.25) is 4.79 Å². The molecule has 4 unspecified atom stereocenters. The first-order valence-electron chi connectivity index (χ1n) is 13.0. The van der Waals surface area contributed by atoms with Crippen molar-refractivity contribution in [3.8, 4) is 11.5 Å². The van der Waals surface area contributed by atoms with Crippen LogP contribution in [0.5, 0.6) is 11.5 Å². The number of aliphatic hydroxyl groups is 2. The van der Waals surface area contributed by atoms with Gasteiger partial charge in [-0.25, -0.2) is 4.79 Å². The third-order valence-corrected chi connectivity index (χ3v) is 7.56. The molecule has 1 saturated heterocycles. The van der Waals surface area contributed by atoms with Gasteiger partial charge in [0.05, 0.1) is 11.7 Å². The van der Waals surface area contributed by atoms with E-state index in [1.165, 1.54) is 6.07 Å². The van der Waals surface area contributed by atoms with Crippen LogP contribution in [0.25, 0.3) is 11.0 Å². The fraction of sp³-hybridized carbons (Fsp3) is 0.419. The fourth-order valence-corrected chi connectivity index (χ4v) is 4.67. The highest BCUT2D eigenvalue weighted by atomic mass is 16.7. The van der Waals surface area contributed by atoms with E-state index in [2.05, 4.69) is 0 Å². The molecule has 2 heterocycles. The van der Waals surface area contributed by atoms with Crippen molar-refractivity contribution in [2.24, 2.45) is 5.92 Å². The number of carbonyl (C=O) groups is 1. The molecule has 3 aromatic rings. The van der Waals surface area contributed by atoms with Gasteiger partial charge in [0, 0.05) is 34.4 Å². The number of ketones is 1. The molecule has 0 aliphatic carbocycles. The number of rotatable bonds is 7. The molecule has 0 radical (unpaired) electrons. The molecule has 1 aromatic heterocycles. The number of allylic oxidation sites excluding steroid dienone is 2. The minimum absolute atomic E-state index is 0.112. The molecule has 0 saturated carbocycles. The number of aliphatic hydroxyl groups excluding tert-OH is 2. The first kappa shape index (κ1) is 28.5. The predicted molar refractivity (Wildman–Crippen MR) is 147 cm³/mol. The summed E-state index contributed by atoms with van der Waals surface area (Å²) in [6, 6.07) is 9.68. The van der Waals surface area contributed by atoms with Gasteiger partial charge in [0.25, 0.3) is 0 Å². The Labute approximate surface area is 227 Å².